The highest BCUT2D eigenvalue weighted by Crippen LogP contribution is 2.46. The minimum absolute atomic E-state index is 0.0178. The zero-order valence-corrected chi connectivity index (χ0v) is 18.0. The van der Waals surface area contributed by atoms with Gasteiger partial charge < -0.3 is 19.7 Å². The van der Waals surface area contributed by atoms with Gasteiger partial charge in [-0.2, -0.15) is 0 Å². The number of carboxylic acids is 2. The van der Waals surface area contributed by atoms with Crippen molar-refractivity contribution < 1.29 is 33.9 Å². The van der Waals surface area contributed by atoms with Crippen LogP contribution in [0.1, 0.15) is 15.2 Å². The molecule has 2 heterocycles. The molecule has 2 aromatic heterocycles. The van der Waals surface area contributed by atoms with Crippen LogP contribution in [-0.4, -0.2) is 39.1 Å². The molecule has 0 bridgehead atoms. The van der Waals surface area contributed by atoms with Crippen LogP contribution in [-0.2, 0) is 11.4 Å². The first kappa shape index (κ1) is 20.8. The minimum atomic E-state index is -1.21. The molecular formula is C20H13BrN2O7S. The van der Waals surface area contributed by atoms with Gasteiger partial charge >= 0.3 is 11.9 Å². The Morgan fingerprint density at radius 3 is 2.65 bits per heavy atom. The Morgan fingerprint density at radius 2 is 1.87 bits per heavy atom. The number of thiophene rings is 1. The predicted octanol–water partition coefficient (Wildman–Crippen LogP) is 4.45. The normalized spacial score (nSPS) is 10.9. The third-order valence-electron chi connectivity index (χ3n) is 4.16. The molecule has 0 amide bonds. The number of hydrogen-bond donors (Lipinski definition) is 2. The molecule has 0 saturated carbocycles. The van der Waals surface area contributed by atoms with Crippen LogP contribution >= 0.6 is 27.3 Å². The summed E-state index contributed by atoms with van der Waals surface area (Å²) in [6, 6.07) is 12.6. The highest BCUT2D eigenvalue weighted by Gasteiger charge is 2.24. The van der Waals surface area contributed by atoms with E-state index in [4.69, 9.17) is 14.6 Å². The number of nitrogens with zero attached hydrogens (tertiary/aromatic N) is 2. The van der Waals surface area contributed by atoms with E-state index in [1.165, 1.54) is 0 Å². The lowest BCUT2D eigenvalue weighted by molar-refractivity contribution is -0.139. The average molecular weight is 505 g/mol. The molecule has 158 valence electrons. The molecule has 2 N–H and O–H groups in total. The second-order valence-electron chi connectivity index (χ2n) is 6.29. The molecule has 0 spiro atoms. The van der Waals surface area contributed by atoms with Crippen molar-refractivity contribution in [3.05, 3.63) is 57.4 Å². The van der Waals surface area contributed by atoms with Gasteiger partial charge in [-0.3, -0.25) is 0 Å². The number of aromatic carboxylic acids is 1. The number of benzene rings is 2. The van der Waals surface area contributed by atoms with Gasteiger partial charge in [-0.05, 0) is 61.6 Å². The number of aromatic nitrogens is 2. The fourth-order valence-corrected chi connectivity index (χ4v) is 4.68. The van der Waals surface area contributed by atoms with Gasteiger partial charge in [0.25, 0.3) is 0 Å². The molecule has 0 saturated heterocycles. The second-order valence-corrected chi connectivity index (χ2v) is 8.11. The Bertz CT molecular complexity index is 1280. The number of rotatable bonds is 8. The molecule has 0 aliphatic heterocycles. The molecule has 0 fully saturated rings. The highest BCUT2D eigenvalue weighted by atomic mass is 79.9. The summed E-state index contributed by atoms with van der Waals surface area (Å²) in [5.74, 6) is -1.86. The number of carbonyl (C=O) groups is 2. The van der Waals surface area contributed by atoms with Crippen LogP contribution in [0.4, 0.5) is 0 Å². The predicted molar refractivity (Wildman–Crippen MR) is 114 cm³/mol. The van der Waals surface area contributed by atoms with Crippen molar-refractivity contribution in [2.45, 2.75) is 6.61 Å². The Balaban J connectivity index is 1.57. The van der Waals surface area contributed by atoms with Gasteiger partial charge in [0, 0.05) is 0 Å². The Kier molecular flexibility index (Phi) is 5.87. The van der Waals surface area contributed by atoms with E-state index in [0.717, 1.165) is 16.9 Å². The molecule has 4 rings (SSSR count). The molecular weight excluding hydrogens is 492 g/mol. The van der Waals surface area contributed by atoms with Gasteiger partial charge in [-0.1, -0.05) is 18.2 Å². The number of aliphatic carboxylic acids is 1. The average Bonchev–Trinajstić information content (AvgIpc) is 3.34. The lowest BCUT2D eigenvalue weighted by Crippen LogP contribution is -2.11. The summed E-state index contributed by atoms with van der Waals surface area (Å²) in [6.45, 7) is -0.366. The molecule has 2 aromatic carbocycles. The van der Waals surface area contributed by atoms with E-state index in [1.54, 1.807) is 30.3 Å². The maximum absolute atomic E-state index is 11.6. The minimum Gasteiger partial charge on any atom is -0.489 e. The van der Waals surface area contributed by atoms with Crippen molar-refractivity contribution in [3.63, 3.8) is 0 Å². The Hall–Kier alpha value is -3.44. The quantitative estimate of drug-likeness (QED) is 0.356. The Morgan fingerprint density at radius 1 is 1.06 bits per heavy atom. The largest absolute Gasteiger partial charge is 0.489 e. The first-order valence-corrected chi connectivity index (χ1v) is 10.4. The fourth-order valence-electron chi connectivity index (χ4n) is 2.80. The van der Waals surface area contributed by atoms with E-state index >= 15 is 0 Å². The SMILES string of the molecule is O=C(O)COc1c(C(=O)O)sc(-c2cccc(OCc3ccc4nonc4c3)c2)c1Br. The van der Waals surface area contributed by atoms with E-state index in [9.17, 15) is 14.7 Å². The van der Waals surface area contributed by atoms with Crippen LogP contribution in [0, 0.1) is 0 Å². The van der Waals surface area contributed by atoms with Crippen LogP contribution < -0.4 is 9.47 Å². The zero-order chi connectivity index (χ0) is 22.0. The van der Waals surface area contributed by atoms with Crippen molar-refractivity contribution in [2.24, 2.45) is 0 Å². The standard InChI is InChI=1S/C20H13BrN2O7S/c21-16-17(29-9-15(24)25)19(20(26)27)31-18(16)11-2-1-3-12(7-11)28-8-10-4-5-13-14(6-10)23-30-22-13/h1-7H,8-9H2,(H,24,25)(H,26,27). The summed E-state index contributed by atoms with van der Waals surface area (Å²) < 4.78 is 16.1. The number of carboxylic acid groups (broad SMARTS) is 2. The summed E-state index contributed by atoms with van der Waals surface area (Å²) in [4.78, 5) is 22.9. The second kappa shape index (κ2) is 8.74. The van der Waals surface area contributed by atoms with Crippen LogP contribution in [0.25, 0.3) is 21.5 Å². The molecule has 0 unspecified atom stereocenters. The van der Waals surface area contributed by atoms with E-state index < -0.39 is 18.5 Å². The summed E-state index contributed by atoms with van der Waals surface area (Å²) in [5.41, 5.74) is 2.86. The molecule has 0 aliphatic carbocycles. The van der Waals surface area contributed by atoms with Crippen molar-refractivity contribution in [3.8, 4) is 21.9 Å². The lowest BCUT2D eigenvalue weighted by atomic mass is 10.1. The molecule has 0 atom stereocenters. The van der Waals surface area contributed by atoms with Crippen molar-refractivity contribution in [2.75, 3.05) is 6.61 Å². The van der Waals surface area contributed by atoms with Gasteiger partial charge in [0.15, 0.2) is 17.2 Å². The number of fused-ring (bicyclic) bond motifs is 1. The van der Waals surface area contributed by atoms with Crippen LogP contribution in [0.15, 0.2) is 51.6 Å². The van der Waals surface area contributed by atoms with Crippen molar-refractivity contribution in [1.29, 1.82) is 0 Å². The molecule has 0 radical (unpaired) electrons. The maximum atomic E-state index is 11.6. The third-order valence-corrected chi connectivity index (χ3v) is 6.39. The molecule has 9 nitrogen and oxygen atoms in total. The molecule has 11 heteroatoms. The van der Waals surface area contributed by atoms with E-state index in [2.05, 4.69) is 30.9 Å². The maximum Gasteiger partial charge on any atom is 0.349 e. The Labute approximate surface area is 186 Å². The smallest absolute Gasteiger partial charge is 0.349 e. The summed E-state index contributed by atoms with van der Waals surface area (Å²) >= 11 is 4.32. The van der Waals surface area contributed by atoms with Gasteiger partial charge in [-0.25, -0.2) is 14.2 Å². The van der Waals surface area contributed by atoms with Crippen LogP contribution in [0.2, 0.25) is 0 Å². The number of hydrogen-bond acceptors (Lipinski definition) is 8. The molecule has 0 aliphatic rings. The monoisotopic (exact) mass is 504 g/mol. The van der Waals surface area contributed by atoms with Gasteiger partial charge in [0.1, 0.15) is 23.4 Å². The number of ether oxygens (including phenoxy) is 2. The summed E-state index contributed by atoms with van der Waals surface area (Å²) in [5, 5.41) is 25.9. The third kappa shape index (κ3) is 4.52. The summed E-state index contributed by atoms with van der Waals surface area (Å²) in [6.07, 6.45) is 0. The van der Waals surface area contributed by atoms with Crippen molar-refractivity contribution in [1.82, 2.24) is 10.3 Å². The molecule has 4 aromatic rings. The van der Waals surface area contributed by atoms with Crippen LogP contribution in [0.3, 0.4) is 0 Å². The number of halogens is 1. The fraction of sp³-hybridized carbons (Fsp3) is 0.100. The van der Waals surface area contributed by atoms with Gasteiger partial charge in [0.2, 0.25) is 0 Å². The first-order valence-electron chi connectivity index (χ1n) is 8.77. The lowest BCUT2D eigenvalue weighted by Gasteiger charge is -2.08. The first-order chi connectivity index (χ1) is 14.9. The highest BCUT2D eigenvalue weighted by molar-refractivity contribution is 9.10. The van der Waals surface area contributed by atoms with Crippen molar-refractivity contribution >= 4 is 50.2 Å². The topological polar surface area (TPSA) is 132 Å². The van der Waals surface area contributed by atoms with E-state index in [1.807, 2.05) is 12.1 Å². The van der Waals surface area contributed by atoms with Gasteiger partial charge in [-0.15, -0.1) is 11.3 Å². The zero-order valence-electron chi connectivity index (χ0n) is 15.6. The van der Waals surface area contributed by atoms with E-state index in [0.29, 0.717) is 31.7 Å². The summed E-state index contributed by atoms with van der Waals surface area (Å²) in [7, 11) is 0. The van der Waals surface area contributed by atoms with Crippen LogP contribution in [0.5, 0.6) is 11.5 Å². The van der Waals surface area contributed by atoms with E-state index in [-0.39, 0.29) is 17.2 Å². The van der Waals surface area contributed by atoms with Gasteiger partial charge in [0.05, 0.1) is 9.35 Å². The molecule has 31 heavy (non-hydrogen) atoms.